The van der Waals surface area contributed by atoms with Gasteiger partial charge in [0.05, 0.1) is 11.4 Å². The summed E-state index contributed by atoms with van der Waals surface area (Å²) in [6.07, 6.45) is 1.38. The predicted octanol–water partition coefficient (Wildman–Crippen LogP) is 2.01. The van der Waals surface area contributed by atoms with Crippen molar-refractivity contribution in [1.82, 2.24) is 0 Å². The average molecular weight is 178 g/mol. The number of nitrogens with one attached hydrogen (secondary N) is 1. The van der Waals surface area contributed by atoms with Crippen LogP contribution >= 0.6 is 0 Å². The molecule has 3 heteroatoms. The molecule has 1 rings (SSSR count). The fourth-order valence-corrected chi connectivity index (χ4v) is 1.05. The number of hydrogen-bond donors (Lipinski definition) is 2. The zero-order valence-electron chi connectivity index (χ0n) is 7.71. The van der Waals surface area contributed by atoms with Crippen molar-refractivity contribution in [2.45, 2.75) is 19.8 Å². The summed E-state index contributed by atoms with van der Waals surface area (Å²) in [5.74, 6) is 0.0143. The van der Waals surface area contributed by atoms with Crippen molar-refractivity contribution < 1.29 is 4.79 Å². The summed E-state index contributed by atoms with van der Waals surface area (Å²) in [5.41, 5.74) is 6.95. The van der Waals surface area contributed by atoms with Crippen LogP contribution in [-0.4, -0.2) is 5.91 Å². The van der Waals surface area contributed by atoms with Crippen LogP contribution < -0.4 is 11.1 Å². The van der Waals surface area contributed by atoms with Crippen LogP contribution in [0.15, 0.2) is 24.3 Å². The summed E-state index contributed by atoms with van der Waals surface area (Å²) >= 11 is 0. The normalized spacial score (nSPS) is 9.62. The summed E-state index contributed by atoms with van der Waals surface area (Å²) in [6, 6.07) is 7.24. The van der Waals surface area contributed by atoms with Crippen LogP contribution in [0.2, 0.25) is 0 Å². The van der Waals surface area contributed by atoms with Crippen LogP contribution in [0.1, 0.15) is 19.8 Å². The van der Waals surface area contributed by atoms with Gasteiger partial charge < -0.3 is 11.1 Å². The molecular formula is C10H14N2O. The Hall–Kier alpha value is -1.51. The van der Waals surface area contributed by atoms with E-state index >= 15 is 0 Å². The number of hydrogen-bond acceptors (Lipinski definition) is 2. The highest BCUT2D eigenvalue weighted by Crippen LogP contribution is 2.16. The average Bonchev–Trinajstić information content (AvgIpc) is 2.09. The molecule has 1 amide bonds. The van der Waals surface area contributed by atoms with Crippen LogP contribution in [-0.2, 0) is 4.79 Å². The summed E-state index contributed by atoms with van der Waals surface area (Å²) in [4.78, 5) is 11.2. The van der Waals surface area contributed by atoms with E-state index in [1.807, 2.05) is 19.1 Å². The number of nitrogen functional groups attached to an aromatic ring is 1. The van der Waals surface area contributed by atoms with E-state index in [4.69, 9.17) is 5.73 Å². The molecule has 0 aliphatic rings. The van der Waals surface area contributed by atoms with Gasteiger partial charge in [0.25, 0.3) is 0 Å². The summed E-state index contributed by atoms with van der Waals surface area (Å²) in [5, 5.41) is 2.75. The first-order chi connectivity index (χ1) is 6.24. The third kappa shape index (κ3) is 2.78. The van der Waals surface area contributed by atoms with Gasteiger partial charge in [-0.1, -0.05) is 19.1 Å². The van der Waals surface area contributed by atoms with Gasteiger partial charge in [-0.25, -0.2) is 0 Å². The second-order valence-electron chi connectivity index (χ2n) is 2.89. The molecule has 0 unspecified atom stereocenters. The molecule has 0 radical (unpaired) electrons. The zero-order valence-corrected chi connectivity index (χ0v) is 7.71. The molecule has 0 heterocycles. The molecule has 3 nitrogen and oxygen atoms in total. The third-order valence-electron chi connectivity index (χ3n) is 1.71. The second-order valence-corrected chi connectivity index (χ2v) is 2.89. The zero-order chi connectivity index (χ0) is 9.68. The number of para-hydroxylation sites is 2. The van der Waals surface area contributed by atoms with E-state index in [0.29, 0.717) is 17.8 Å². The Bertz CT molecular complexity index is 297. The van der Waals surface area contributed by atoms with Gasteiger partial charge in [-0.3, -0.25) is 4.79 Å². The lowest BCUT2D eigenvalue weighted by Gasteiger charge is -2.06. The van der Waals surface area contributed by atoms with Crippen molar-refractivity contribution in [3.05, 3.63) is 24.3 Å². The van der Waals surface area contributed by atoms with Crippen molar-refractivity contribution in [1.29, 1.82) is 0 Å². The van der Waals surface area contributed by atoms with Crippen LogP contribution in [0.4, 0.5) is 11.4 Å². The molecule has 3 N–H and O–H groups in total. The standard InChI is InChI=1S/C10H14N2O/c1-2-5-10(13)12-9-7-4-3-6-8(9)11/h3-4,6-7H,2,5,11H2,1H3,(H,12,13). The molecule has 0 atom stereocenters. The smallest absolute Gasteiger partial charge is 0.224 e. The molecule has 0 aromatic heterocycles. The Morgan fingerprint density at radius 3 is 2.77 bits per heavy atom. The highest BCUT2D eigenvalue weighted by Gasteiger charge is 2.02. The maximum absolute atomic E-state index is 11.2. The van der Waals surface area contributed by atoms with Crippen molar-refractivity contribution >= 4 is 17.3 Å². The highest BCUT2D eigenvalue weighted by atomic mass is 16.1. The Balaban J connectivity index is 2.63. The minimum atomic E-state index is 0.0143. The second kappa shape index (κ2) is 4.50. The first-order valence-corrected chi connectivity index (χ1v) is 4.38. The van der Waals surface area contributed by atoms with Crippen molar-refractivity contribution in [2.24, 2.45) is 0 Å². The molecular weight excluding hydrogens is 164 g/mol. The quantitative estimate of drug-likeness (QED) is 0.695. The fourth-order valence-electron chi connectivity index (χ4n) is 1.05. The molecule has 0 saturated heterocycles. The molecule has 0 spiro atoms. The van der Waals surface area contributed by atoms with E-state index in [9.17, 15) is 4.79 Å². The number of carbonyl (C=O) groups excluding carboxylic acids is 1. The molecule has 70 valence electrons. The van der Waals surface area contributed by atoms with Crippen LogP contribution in [0.3, 0.4) is 0 Å². The Morgan fingerprint density at radius 2 is 2.15 bits per heavy atom. The summed E-state index contributed by atoms with van der Waals surface area (Å²) < 4.78 is 0. The number of carbonyl (C=O) groups is 1. The van der Waals surface area contributed by atoms with Gasteiger partial charge in [-0.2, -0.15) is 0 Å². The van der Waals surface area contributed by atoms with Crippen molar-refractivity contribution in [3.8, 4) is 0 Å². The van der Waals surface area contributed by atoms with E-state index in [0.717, 1.165) is 6.42 Å². The van der Waals surface area contributed by atoms with Crippen LogP contribution in [0, 0.1) is 0 Å². The van der Waals surface area contributed by atoms with Crippen LogP contribution in [0.5, 0.6) is 0 Å². The molecule has 13 heavy (non-hydrogen) atoms. The lowest BCUT2D eigenvalue weighted by Crippen LogP contribution is -2.11. The Kier molecular flexibility index (Phi) is 3.31. The van der Waals surface area contributed by atoms with Gasteiger partial charge in [-0.05, 0) is 18.6 Å². The number of anilines is 2. The van der Waals surface area contributed by atoms with Gasteiger partial charge in [0.1, 0.15) is 0 Å². The SMILES string of the molecule is CCCC(=O)Nc1ccccc1N. The minimum absolute atomic E-state index is 0.0143. The maximum Gasteiger partial charge on any atom is 0.224 e. The largest absolute Gasteiger partial charge is 0.397 e. The Morgan fingerprint density at radius 1 is 1.46 bits per heavy atom. The van der Waals surface area contributed by atoms with Gasteiger partial charge in [0, 0.05) is 6.42 Å². The number of amides is 1. The molecule has 0 aliphatic heterocycles. The topological polar surface area (TPSA) is 55.1 Å². The van der Waals surface area contributed by atoms with Gasteiger partial charge in [0.2, 0.25) is 5.91 Å². The number of rotatable bonds is 3. The lowest BCUT2D eigenvalue weighted by molar-refractivity contribution is -0.116. The lowest BCUT2D eigenvalue weighted by atomic mass is 10.2. The summed E-state index contributed by atoms with van der Waals surface area (Å²) in [6.45, 7) is 1.97. The molecule has 1 aromatic rings. The first kappa shape index (κ1) is 9.58. The van der Waals surface area contributed by atoms with E-state index in [1.54, 1.807) is 12.1 Å². The van der Waals surface area contributed by atoms with E-state index < -0.39 is 0 Å². The van der Waals surface area contributed by atoms with Crippen molar-refractivity contribution in [2.75, 3.05) is 11.1 Å². The minimum Gasteiger partial charge on any atom is -0.397 e. The molecule has 0 bridgehead atoms. The molecule has 1 aromatic carbocycles. The third-order valence-corrected chi connectivity index (χ3v) is 1.71. The van der Waals surface area contributed by atoms with Gasteiger partial charge in [0.15, 0.2) is 0 Å². The van der Waals surface area contributed by atoms with Crippen molar-refractivity contribution in [3.63, 3.8) is 0 Å². The van der Waals surface area contributed by atoms with E-state index in [1.165, 1.54) is 0 Å². The molecule has 0 aliphatic carbocycles. The first-order valence-electron chi connectivity index (χ1n) is 4.38. The Labute approximate surface area is 77.9 Å². The van der Waals surface area contributed by atoms with Crippen LogP contribution in [0.25, 0.3) is 0 Å². The summed E-state index contributed by atoms with van der Waals surface area (Å²) in [7, 11) is 0. The van der Waals surface area contributed by atoms with E-state index in [-0.39, 0.29) is 5.91 Å². The maximum atomic E-state index is 11.2. The van der Waals surface area contributed by atoms with E-state index in [2.05, 4.69) is 5.32 Å². The monoisotopic (exact) mass is 178 g/mol. The molecule has 0 saturated carbocycles. The number of nitrogens with two attached hydrogens (primary N) is 1. The number of benzene rings is 1. The van der Waals surface area contributed by atoms with Gasteiger partial charge >= 0.3 is 0 Å². The predicted molar refractivity (Wildman–Crippen MR) is 54.4 cm³/mol. The fraction of sp³-hybridized carbons (Fsp3) is 0.300. The molecule has 0 fully saturated rings. The van der Waals surface area contributed by atoms with Gasteiger partial charge in [-0.15, -0.1) is 0 Å². The highest BCUT2D eigenvalue weighted by molar-refractivity contribution is 5.93.